The monoisotopic (exact) mass is 246 g/mol. The van der Waals surface area contributed by atoms with E-state index in [1.165, 1.54) is 7.11 Å². The van der Waals surface area contributed by atoms with Crippen LogP contribution in [0.4, 0.5) is 0 Å². The van der Waals surface area contributed by atoms with Gasteiger partial charge in [0, 0.05) is 13.2 Å². The molecule has 0 aromatic heterocycles. The molecule has 0 aliphatic carbocycles. The van der Waals surface area contributed by atoms with Crippen LogP contribution in [0.3, 0.4) is 0 Å². The third-order valence-corrected chi connectivity index (χ3v) is 3.23. The maximum Gasteiger partial charge on any atom is 0.399 e. The van der Waals surface area contributed by atoms with Gasteiger partial charge in [-0.05, 0) is 37.1 Å². The summed E-state index contributed by atoms with van der Waals surface area (Å²) in [5.74, 6) is -0.294. The van der Waals surface area contributed by atoms with Gasteiger partial charge in [-0.1, -0.05) is 12.1 Å². The third kappa shape index (κ3) is 2.74. The van der Waals surface area contributed by atoms with Crippen molar-refractivity contribution in [2.45, 2.75) is 18.9 Å². The van der Waals surface area contributed by atoms with Crippen molar-refractivity contribution in [3.8, 4) is 0 Å². The maximum absolute atomic E-state index is 11.5. The summed E-state index contributed by atoms with van der Waals surface area (Å²) in [7, 11) is 4.80. The van der Waals surface area contributed by atoms with Gasteiger partial charge in [-0.15, -0.1) is 0 Å². The first kappa shape index (κ1) is 13.1. The molecule has 1 heterocycles. The molecule has 1 aliphatic heterocycles. The molecule has 0 spiro atoms. The van der Waals surface area contributed by atoms with Gasteiger partial charge in [0.15, 0.2) is 0 Å². The number of methoxy groups -OCH3 is 1. The predicted octanol–water partition coefficient (Wildman–Crippen LogP) is 1.79. The zero-order valence-corrected chi connectivity index (χ0v) is 10.8. The number of hydrogen-bond donors (Lipinski definition) is 0. The summed E-state index contributed by atoms with van der Waals surface area (Å²) < 4.78 is 9.83. The molecule has 1 unspecified atom stereocenters. The minimum Gasteiger partial charge on any atom is -0.465 e. The van der Waals surface area contributed by atoms with Crippen molar-refractivity contribution in [2.24, 2.45) is 0 Å². The van der Waals surface area contributed by atoms with E-state index < -0.39 is 0 Å². The van der Waals surface area contributed by atoms with Crippen LogP contribution in [-0.4, -0.2) is 39.2 Å². The average Bonchev–Trinajstić information content (AvgIpc) is 2.87. The van der Waals surface area contributed by atoms with Gasteiger partial charge in [0.05, 0.1) is 12.7 Å². The van der Waals surface area contributed by atoms with Crippen LogP contribution in [0, 0.1) is 0 Å². The van der Waals surface area contributed by atoms with Crippen LogP contribution in [0.2, 0.25) is 0 Å². The highest BCUT2D eigenvalue weighted by Crippen LogP contribution is 2.31. The van der Waals surface area contributed by atoms with E-state index in [0.29, 0.717) is 5.56 Å². The van der Waals surface area contributed by atoms with Crippen molar-refractivity contribution in [3.05, 3.63) is 35.4 Å². The third-order valence-electron chi connectivity index (χ3n) is 3.23. The quantitative estimate of drug-likeness (QED) is 0.599. The topological polar surface area (TPSA) is 38.8 Å². The molecule has 18 heavy (non-hydrogen) atoms. The molecule has 0 N–H and O–H groups in total. The number of rotatable bonds is 4. The average molecular weight is 246 g/mol. The van der Waals surface area contributed by atoms with Gasteiger partial charge in [-0.3, -0.25) is 0 Å². The van der Waals surface area contributed by atoms with E-state index in [-0.39, 0.29) is 12.0 Å². The number of esters is 1. The molecule has 0 amide bonds. The van der Waals surface area contributed by atoms with Crippen molar-refractivity contribution in [3.63, 3.8) is 0 Å². The van der Waals surface area contributed by atoms with E-state index in [4.69, 9.17) is 9.39 Å². The second-order valence-corrected chi connectivity index (χ2v) is 4.35. The molecular weight excluding hydrogens is 229 g/mol. The second kappa shape index (κ2) is 6.02. The van der Waals surface area contributed by atoms with Crippen LogP contribution in [0.1, 0.15) is 34.8 Å². The zero-order valence-electron chi connectivity index (χ0n) is 10.8. The summed E-state index contributed by atoms with van der Waals surface area (Å²) in [5, 5.41) is 0. The molecule has 4 nitrogen and oxygen atoms in total. The largest absolute Gasteiger partial charge is 0.465 e. The molecule has 1 radical (unpaired) electrons. The van der Waals surface area contributed by atoms with Crippen molar-refractivity contribution < 1.29 is 14.2 Å². The van der Waals surface area contributed by atoms with Gasteiger partial charge < -0.3 is 14.2 Å². The first-order valence-corrected chi connectivity index (χ1v) is 6.06. The lowest BCUT2D eigenvalue weighted by Gasteiger charge is -2.23. The van der Waals surface area contributed by atoms with E-state index >= 15 is 0 Å². The highest BCUT2D eigenvalue weighted by molar-refractivity contribution is 6.23. The molecular formula is C13H17BNO3. The molecule has 1 atom stereocenters. The first-order chi connectivity index (χ1) is 8.76. The van der Waals surface area contributed by atoms with Crippen molar-refractivity contribution in [1.29, 1.82) is 0 Å². The van der Waals surface area contributed by atoms with Crippen LogP contribution in [-0.2, 0) is 9.39 Å². The summed E-state index contributed by atoms with van der Waals surface area (Å²) in [5.41, 5.74) is 1.72. The molecule has 2 rings (SSSR count). The minimum absolute atomic E-state index is 0.287. The fourth-order valence-electron chi connectivity index (χ4n) is 2.40. The molecule has 5 heteroatoms. The molecule has 1 saturated heterocycles. The standard InChI is InChI=1S/C13H17BNO3/c1-17-13(16)11-6-3-5-10(9-11)12-7-4-8-15(12)14-18-2/h3,5-6,9,12H,4,7-8H2,1-2H3. The Kier molecular flexibility index (Phi) is 4.39. The Morgan fingerprint density at radius 1 is 1.44 bits per heavy atom. The van der Waals surface area contributed by atoms with E-state index in [1.807, 2.05) is 18.2 Å². The summed E-state index contributed by atoms with van der Waals surface area (Å²) in [4.78, 5) is 13.7. The number of carbonyl (C=O) groups is 1. The molecule has 0 saturated carbocycles. The number of hydrogen-bond acceptors (Lipinski definition) is 4. The van der Waals surface area contributed by atoms with Gasteiger partial charge in [0.25, 0.3) is 0 Å². The van der Waals surface area contributed by atoms with Crippen LogP contribution in [0.15, 0.2) is 24.3 Å². The Hall–Kier alpha value is -1.33. The predicted molar refractivity (Wildman–Crippen MR) is 69.2 cm³/mol. The van der Waals surface area contributed by atoms with E-state index in [1.54, 1.807) is 20.8 Å². The van der Waals surface area contributed by atoms with E-state index in [0.717, 1.165) is 24.9 Å². The number of ether oxygens (including phenoxy) is 1. The Morgan fingerprint density at radius 3 is 3.00 bits per heavy atom. The summed E-state index contributed by atoms with van der Waals surface area (Å²) in [6.07, 6.45) is 2.21. The summed E-state index contributed by atoms with van der Waals surface area (Å²) in [6.45, 7) is 0.987. The summed E-state index contributed by atoms with van der Waals surface area (Å²) in [6, 6.07) is 7.89. The van der Waals surface area contributed by atoms with Crippen molar-refractivity contribution >= 4 is 13.6 Å². The van der Waals surface area contributed by atoms with Crippen LogP contribution >= 0.6 is 0 Å². The lowest BCUT2D eigenvalue weighted by molar-refractivity contribution is 0.0600. The van der Waals surface area contributed by atoms with Gasteiger partial charge in [0.1, 0.15) is 0 Å². The van der Waals surface area contributed by atoms with Crippen molar-refractivity contribution in [1.82, 2.24) is 4.81 Å². The van der Waals surface area contributed by atoms with Gasteiger partial charge >= 0.3 is 13.6 Å². The smallest absolute Gasteiger partial charge is 0.399 e. The highest BCUT2D eigenvalue weighted by atomic mass is 16.5. The van der Waals surface area contributed by atoms with E-state index in [2.05, 4.69) is 4.81 Å². The molecule has 1 aromatic rings. The number of benzene rings is 1. The van der Waals surface area contributed by atoms with E-state index in [9.17, 15) is 4.79 Å². The maximum atomic E-state index is 11.5. The lowest BCUT2D eigenvalue weighted by Crippen LogP contribution is -2.28. The lowest BCUT2D eigenvalue weighted by atomic mass is 9.99. The summed E-state index contributed by atoms with van der Waals surface area (Å²) >= 11 is 0. The SMILES string of the molecule is CO[B]N1CCCC1c1cccc(C(=O)OC)c1. The molecule has 0 bridgehead atoms. The fraction of sp³-hybridized carbons (Fsp3) is 0.462. The van der Waals surface area contributed by atoms with Crippen molar-refractivity contribution in [2.75, 3.05) is 20.8 Å². The van der Waals surface area contributed by atoms with Gasteiger partial charge in [0.2, 0.25) is 0 Å². The second-order valence-electron chi connectivity index (χ2n) is 4.35. The Labute approximate surface area is 108 Å². The Bertz CT molecular complexity index is 424. The fourth-order valence-corrected chi connectivity index (χ4v) is 2.40. The zero-order chi connectivity index (χ0) is 13.0. The minimum atomic E-state index is -0.294. The van der Waals surface area contributed by atoms with Crippen LogP contribution in [0.5, 0.6) is 0 Å². The van der Waals surface area contributed by atoms with Gasteiger partial charge in [-0.25, -0.2) is 4.79 Å². The molecule has 95 valence electrons. The number of nitrogens with zero attached hydrogens (tertiary/aromatic N) is 1. The molecule has 1 aromatic carbocycles. The first-order valence-electron chi connectivity index (χ1n) is 6.06. The van der Waals surface area contributed by atoms with Gasteiger partial charge in [-0.2, -0.15) is 0 Å². The Balaban J connectivity index is 2.19. The normalized spacial score (nSPS) is 19.8. The molecule has 1 fully saturated rings. The van der Waals surface area contributed by atoms with Crippen LogP contribution in [0.25, 0.3) is 0 Å². The number of carbonyl (C=O) groups excluding carboxylic acids is 1. The highest BCUT2D eigenvalue weighted by Gasteiger charge is 2.27. The molecule has 1 aliphatic rings. The van der Waals surface area contributed by atoms with Crippen LogP contribution < -0.4 is 0 Å². The Morgan fingerprint density at radius 2 is 2.28 bits per heavy atom.